The predicted molar refractivity (Wildman–Crippen MR) is 140 cm³/mol. The van der Waals surface area contributed by atoms with Crippen LogP contribution in [0, 0.1) is 0 Å². The first-order valence-corrected chi connectivity index (χ1v) is 12.8. The summed E-state index contributed by atoms with van der Waals surface area (Å²) in [6.45, 7) is 0.0297. The van der Waals surface area contributed by atoms with E-state index < -0.39 is 10.0 Å². The van der Waals surface area contributed by atoms with E-state index in [-0.39, 0.29) is 28.2 Å². The van der Waals surface area contributed by atoms with Gasteiger partial charge in [-0.25, -0.2) is 13.8 Å². The highest BCUT2D eigenvalue weighted by Crippen LogP contribution is 2.34. The molecule has 7 nitrogen and oxygen atoms in total. The number of anilines is 2. The summed E-state index contributed by atoms with van der Waals surface area (Å²) in [6, 6.07) is 19.1. The summed E-state index contributed by atoms with van der Waals surface area (Å²) >= 11 is 12.3. The number of nitrogens with zero attached hydrogens (tertiary/aromatic N) is 3. The Bertz CT molecular complexity index is 1290. The van der Waals surface area contributed by atoms with Gasteiger partial charge in [0.25, 0.3) is 5.91 Å². The van der Waals surface area contributed by atoms with Crippen molar-refractivity contribution >= 4 is 56.7 Å². The van der Waals surface area contributed by atoms with Crippen molar-refractivity contribution in [1.29, 1.82) is 0 Å². The lowest BCUT2D eigenvalue weighted by molar-refractivity contribution is 0.0955. The molecule has 0 bridgehead atoms. The molecule has 3 aromatic rings. The summed E-state index contributed by atoms with van der Waals surface area (Å²) in [5, 5.41) is 4.41. The minimum absolute atomic E-state index is 0.0297. The van der Waals surface area contributed by atoms with Gasteiger partial charge in [0.2, 0.25) is 10.0 Å². The number of hydrogen-bond acceptors (Lipinski definition) is 5. The first kappa shape index (κ1) is 25.6. The quantitative estimate of drug-likeness (QED) is 0.343. The van der Waals surface area contributed by atoms with Gasteiger partial charge >= 0.3 is 0 Å². The number of sulfonamides is 1. The third-order valence-electron chi connectivity index (χ3n) is 4.93. The Hall–Kier alpha value is -3.07. The van der Waals surface area contributed by atoms with Crippen molar-refractivity contribution in [2.24, 2.45) is 5.10 Å². The second-order valence-corrected chi connectivity index (χ2v) is 10.4. The number of hydrazone groups is 1. The molecule has 0 saturated heterocycles. The second kappa shape index (κ2) is 10.9. The van der Waals surface area contributed by atoms with Gasteiger partial charge in [-0.3, -0.25) is 9.10 Å². The molecule has 0 aliphatic carbocycles. The molecule has 0 unspecified atom stereocenters. The Balaban J connectivity index is 1.68. The third-order valence-corrected chi connectivity index (χ3v) is 6.87. The summed E-state index contributed by atoms with van der Waals surface area (Å²) in [4.78, 5) is 14.4. The maximum atomic E-state index is 12.4. The Morgan fingerprint density at radius 3 is 2.24 bits per heavy atom. The van der Waals surface area contributed by atoms with E-state index in [0.717, 1.165) is 17.5 Å². The van der Waals surface area contributed by atoms with Crippen LogP contribution in [0.15, 0.2) is 71.8 Å². The van der Waals surface area contributed by atoms with E-state index in [1.165, 1.54) is 4.31 Å². The highest BCUT2D eigenvalue weighted by molar-refractivity contribution is 7.92. The van der Waals surface area contributed by atoms with Crippen LogP contribution in [0.2, 0.25) is 10.0 Å². The highest BCUT2D eigenvalue weighted by Gasteiger charge is 2.21. The van der Waals surface area contributed by atoms with Crippen LogP contribution in [0.3, 0.4) is 0 Å². The van der Waals surface area contributed by atoms with Crippen molar-refractivity contribution in [1.82, 2.24) is 5.43 Å². The van der Waals surface area contributed by atoms with E-state index in [1.807, 2.05) is 43.3 Å². The van der Waals surface area contributed by atoms with Gasteiger partial charge in [0.1, 0.15) is 0 Å². The predicted octanol–water partition coefficient (Wildman–Crippen LogP) is 4.79. The number of amides is 1. The van der Waals surface area contributed by atoms with Crippen molar-refractivity contribution in [2.45, 2.75) is 6.54 Å². The van der Waals surface area contributed by atoms with Crippen molar-refractivity contribution in [2.75, 3.05) is 29.6 Å². The molecule has 1 N–H and O–H groups in total. The van der Waals surface area contributed by atoms with Gasteiger partial charge in [-0.1, -0.05) is 53.5 Å². The zero-order valence-corrected chi connectivity index (χ0v) is 21.2. The number of rotatable bonds is 8. The van der Waals surface area contributed by atoms with Crippen LogP contribution in [-0.4, -0.2) is 40.9 Å². The largest absolute Gasteiger partial charge is 0.378 e. The summed E-state index contributed by atoms with van der Waals surface area (Å²) in [5.74, 6) is -0.384. The molecular weight excluding hydrogens is 495 g/mol. The second-order valence-electron chi connectivity index (χ2n) is 7.72. The fourth-order valence-electron chi connectivity index (χ4n) is 3.08. The van der Waals surface area contributed by atoms with Crippen molar-refractivity contribution in [3.05, 3.63) is 93.5 Å². The third kappa shape index (κ3) is 6.50. The van der Waals surface area contributed by atoms with Gasteiger partial charge in [0, 0.05) is 25.3 Å². The van der Waals surface area contributed by atoms with Crippen molar-refractivity contribution in [3.63, 3.8) is 0 Å². The molecule has 3 rings (SSSR count). The summed E-state index contributed by atoms with van der Waals surface area (Å²) < 4.78 is 26.0. The monoisotopic (exact) mass is 518 g/mol. The molecule has 0 saturated carbocycles. The summed E-state index contributed by atoms with van der Waals surface area (Å²) in [6.07, 6.45) is 2.66. The van der Waals surface area contributed by atoms with Crippen LogP contribution >= 0.6 is 23.2 Å². The minimum Gasteiger partial charge on any atom is -0.378 e. The first-order chi connectivity index (χ1) is 16.1. The normalized spacial score (nSPS) is 11.4. The van der Waals surface area contributed by atoms with Gasteiger partial charge in [0.15, 0.2) is 0 Å². The molecule has 0 aliphatic heterocycles. The zero-order valence-electron chi connectivity index (χ0n) is 18.9. The number of carbonyl (C=O) groups excluding carboxylic acids is 1. The molecule has 0 heterocycles. The van der Waals surface area contributed by atoms with E-state index in [2.05, 4.69) is 10.5 Å². The van der Waals surface area contributed by atoms with Crippen LogP contribution in [0.25, 0.3) is 0 Å². The topological polar surface area (TPSA) is 82.1 Å². The Kier molecular flexibility index (Phi) is 8.19. The summed E-state index contributed by atoms with van der Waals surface area (Å²) in [5.41, 5.74) is 5.74. The van der Waals surface area contributed by atoms with Crippen LogP contribution in [-0.2, 0) is 16.6 Å². The van der Waals surface area contributed by atoms with Crippen LogP contribution < -0.4 is 14.6 Å². The summed E-state index contributed by atoms with van der Waals surface area (Å²) in [7, 11) is 0.277. The average Bonchev–Trinajstić information content (AvgIpc) is 2.79. The Labute approximate surface area is 209 Å². The lowest BCUT2D eigenvalue weighted by Crippen LogP contribution is -2.29. The molecule has 0 fully saturated rings. The Morgan fingerprint density at radius 1 is 1.00 bits per heavy atom. The molecule has 1 amide bonds. The standard InChI is InChI=1S/C24H24Cl2N4O3S/c1-29(2)20-13-9-17(10-14-20)15-27-28-24(31)19-11-7-18(8-12-19)16-30(34(3,32)33)22-6-4-5-21(25)23(22)26/h4-15H,16H2,1-3H3,(H,28,31)/b27-15-. The molecular formula is C24H24Cl2N4O3S. The number of carbonyl (C=O) groups is 1. The maximum absolute atomic E-state index is 12.4. The fourth-order valence-corrected chi connectivity index (χ4v) is 4.42. The molecule has 10 heteroatoms. The SMILES string of the molecule is CN(C)c1ccc(/C=N\NC(=O)c2ccc(CN(c3cccc(Cl)c3Cl)S(C)(=O)=O)cc2)cc1. The van der Waals surface area contributed by atoms with E-state index in [4.69, 9.17) is 23.2 Å². The van der Waals surface area contributed by atoms with Crippen LogP contribution in [0.4, 0.5) is 11.4 Å². The van der Waals surface area contributed by atoms with Gasteiger partial charge in [-0.05, 0) is 47.5 Å². The smallest absolute Gasteiger partial charge is 0.271 e. The van der Waals surface area contributed by atoms with Gasteiger partial charge in [0.05, 0.1) is 34.7 Å². The minimum atomic E-state index is -3.64. The molecule has 0 spiro atoms. The average molecular weight is 519 g/mol. The van der Waals surface area contributed by atoms with Gasteiger partial charge < -0.3 is 4.90 Å². The molecule has 0 aromatic heterocycles. The number of halogens is 2. The van der Waals surface area contributed by atoms with Gasteiger partial charge in [-0.2, -0.15) is 5.10 Å². The first-order valence-electron chi connectivity index (χ1n) is 10.2. The zero-order chi connectivity index (χ0) is 24.9. The van der Waals surface area contributed by atoms with Crippen LogP contribution in [0.5, 0.6) is 0 Å². The molecule has 34 heavy (non-hydrogen) atoms. The van der Waals surface area contributed by atoms with Crippen molar-refractivity contribution in [3.8, 4) is 0 Å². The molecule has 0 atom stereocenters. The fraction of sp³-hybridized carbons (Fsp3) is 0.167. The van der Waals surface area contributed by atoms with E-state index in [0.29, 0.717) is 11.1 Å². The maximum Gasteiger partial charge on any atom is 0.271 e. The van der Waals surface area contributed by atoms with Gasteiger partial charge in [-0.15, -0.1) is 0 Å². The molecule has 0 aliphatic rings. The Morgan fingerprint density at radius 2 is 1.65 bits per heavy atom. The molecule has 3 aromatic carbocycles. The van der Waals surface area contributed by atoms with Crippen molar-refractivity contribution < 1.29 is 13.2 Å². The lowest BCUT2D eigenvalue weighted by Gasteiger charge is -2.24. The van der Waals surface area contributed by atoms with E-state index in [9.17, 15) is 13.2 Å². The van der Waals surface area contributed by atoms with E-state index in [1.54, 1.807) is 48.7 Å². The number of benzene rings is 3. The molecule has 178 valence electrons. The van der Waals surface area contributed by atoms with Crippen LogP contribution in [0.1, 0.15) is 21.5 Å². The highest BCUT2D eigenvalue weighted by atomic mass is 35.5. The molecule has 0 radical (unpaired) electrons. The number of hydrogen-bond donors (Lipinski definition) is 1. The number of nitrogens with one attached hydrogen (secondary N) is 1. The van der Waals surface area contributed by atoms with E-state index >= 15 is 0 Å². The lowest BCUT2D eigenvalue weighted by atomic mass is 10.1.